The van der Waals surface area contributed by atoms with E-state index in [-0.39, 0.29) is 5.84 Å². The predicted octanol–water partition coefficient (Wildman–Crippen LogP) is -1.32. The second kappa shape index (κ2) is 2.95. The van der Waals surface area contributed by atoms with Crippen molar-refractivity contribution in [3.05, 3.63) is 0 Å². The molecule has 7 heavy (non-hydrogen) atoms. The fourth-order valence-corrected chi connectivity index (χ4v) is 0.102. The fourth-order valence-electron chi connectivity index (χ4n) is 0.102. The highest BCUT2D eigenvalue weighted by Crippen LogP contribution is 1.53. The third kappa shape index (κ3) is 2.54. The van der Waals surface area contributed by atoms with Crippen molar-refractivity contribution in [2.75, 3.05) is 0 Å². The molecular formula is C2H6N4O. The Hall–Kier alpha value is -1.26. The lowest BCUT2D eigenvalue weighted by molar-refractivity contribution is 0.319. The SMILES string of the molecule is NN=CC(N)=NO. The van der Waals surface area contributed by atoms with E-state index in [9.17, 15) is 0 Å². The second-order valence-corrected chi connectivity index (χ2v) is 0.803. The molecule has 40 valence electrons. The van der Waals surface area contributed by atoms with Crippen molar-refractivity contribution >= 4 is 12.1 Å². The molecule has 0 rings (SSSR count). The molecule has 0 radical (unpaired) electrons. The van der Waals surface area contributed by atoms with Crippen LogP contribution in [0.15, 0.2) is 10.3 Å². The summed E-state index contributed by atoms with van der Waals surface area (Å²) in [5.41, 5.74) is 4.85. The molecule has 0 fully saturated rings. The smallest absolute Gasteiger partial charge is 0.183 e. The van der Waals surface area contributed by atoms with Crippen LogP contribution in [-0.2, 0) is 0 Å². The molecule has 0 saturated carbocycles. The van der Waals surface area contributed by atoms with Crippen LogP contribution in [0.2, 0.25) is 0 Å². The molecular weight excluding hydrogens is 96.0 g/mol. The Kier molecular flexibility index (Phi) is 2.42. The third-order valence-electron chi connectivity index (χ3n) is 0.322. The molecule has 0 spiro atoms. The first-order chi connectivity index (χ1) is 3.31. The maximum Gasteiger partial charge on any atom is 0.183 e. The molecule has 5 heteroatoms. The number of rotatable bonds is 1. The van der Waals surface area contributed by atoms with Crippen molar-refractivity contribution in [2.45, 2.75) is 0 Å². The van der Waals surface area contributed by atoms with E-state index in [0.717, 1.165) is 6.21 Å². The van der Waals surface area contributed by atoms with E-state index < -0.39 is 0 Å². The zero-order valence-electron chi connectivity index (χ0n) is 3.57. The van der Waals surface area contributed by atoms with Gasteiger partial charge in [0.15, 0.2) is 5.84 Å². The van der Waals surface area contributed by atoms with E-state index in [0.29, 0.717) is 0 Å². The van der Waals surface area contributed by atoms with Gasteiger partial charge in [-0.2, -0.15) is 5.10 Å². The Morgan fingerprint density at radius 1 is 1.71 bits per heavy atom. The van der Waals surface area contributed by atoms with Gasteiger partial charge < -0.3 is 16.8 Å². The first-order valence-electron chi connectivity index (χ1n) is 1.52. The number of hydrazone groups is 1. The van der Waals surface area contributed by atoms with Crippen LogP contribution in [0.5, 0.6) is 0 Å². The summed E-state index contributed by atoms with van der Waals surface area (Å²) in [5.74, 6) is 4.49. The minimum atomic E-state index is -0.109. The molecule has 0 saturated heterocycles. The van der Waals surface area contributed by atoms with Crippen molar-refractivity contribution in [3.63, 3.8) is 0 Å². The Bertz CT molecular complexity index is 95.9. The van der Waals surface area contributed by atoms with Gasteiger partial charge in [0.1, 0.15) is 0 Å². The first kappa shape index (κ1) is 5.74. The van der Waals surface area contributed by atoms with E-state index >= 15 is 0 Å². The molecule has 0 heterocycles. The topological polar surface area (TPSA) is 97.0 Å². The lowest BCUT2D eigenvalue weighted by Crippen LogP contribution is -2.13. The van der Waals surface area contributed by atoms with Crippen molar-refractivity contribution < 1.29 is 5.21 Å². The van der Waals surface area contributed by atoms with Crippen LogP contribution < -0.4 is 11.6 Å². The van der Waals surface area contributed by atoms with Crippen molar-refractivity contribution in [1.82, 2.24) is 0 Å². The van der Waals surface area contributed by atoms with E-state index in [2.05, 4.69) is 16.1 Å². The first-order valence-corrected chi connectivity index (χ1v) is 1.52. The number of amidine groups is 1. The van der Waals surface area contributed by atoms with Gasteiger partial charge in [-0.25, -0.2) is 0 Å². The summed E-state index contributed by atoms with van der Waals surface area (Å²) in [6.07, 6.45) is 1.03. The summed E-state index contributed by atoms with van der Waals surface area (Å²) < 4.78 is 0. The predicted molar refractivity (Wildman–Crippen MR) is 26.1 cm³/mol. The summed E-state index contributed by atoms with van der Waals surface area (Å²) in [7, 11) is 0. The molecule has 0 aromatic carbocycles. The molecule has 0 atom stereocenters. The Morgan fingerprint density at radius 3 is 2.43 bits per heavy atom. The minimum absolute atomic E-state index is 0.109. The monoisotopic (exact) mass is 102 g/mol. The van der Waals surface area contributed by atoms with E-state index in [4.69, 9.17) is 10.9 Å². The van der Waals surface area contributed by atoms with E-state index in [1.165, 1.54) is 0 Å². The van der Waals surface area contributed by atoms with Crippen LogP contribution in [0.25, 0.3) is 0 Å². The number of nitrogens with two attached hydrogens (primary N) is 2. The van der Waals surface area contributed by atoms with Crippen LogP contribution in [-0.4, -0.2) is 17.3 Å². The molecule has 0 aliphatic carbocycles. The Balaban J connectivity index is 3.58. The summed E-state index contributed by atoms with van der Waals surface area (Å²) in [6, 6.07) is 0. The fraction of sp³-hybridized carbons (Fsp3) is 0. The standard InChI is InChI=1S/C2H6N4O/c3-2(6-7)1-5-4/h1,7H,4H2,(H2,3,6). The third-order valence-corrected chi connectivity index (χ3v) is 0.322. The molecule has 0 aliphatic rings. The molecule has 0 aromatic rings. The van der Waals surface area contributed by atoms with Gasteiger partial charge in [-0.3, -0.25) is 0 Å². The quantitative estimate of drug-likeness (QED) is 0.126. The summed E-state index contributed by atoms with van der Waals surface area (Å²) in [5, 5.41) is 13.3. The van der Waals surface area contributed by atoms with Gasteiger partial charge in [0.2, 0.25) is 0 Å². The van der Waals surface area contributed by atoms with E-state index in [1.54, 1.807) is 0 Å². The molecule has 0 bridgehead atoms. The van der Waals surface area contributed by atoms with Gasteiger partial charge in [-0.15, -0.1) is 0 Å². The van der Waals surface area contributed by atoms with Crippen LogP contribution in [0.1, 0.15) is 0 Å². The van der Waals surface area contributed by atoms with Crippen molar-refractivity contribution in [3.8, 4) is 0 Å². The van der Waals surface area contributed by atoms with Gasteiger partial charge in [-0.1, -0.05) is 5.16 Å². The van der Waals surface area contributed by atoms with Gasteiger partial charge in [0.05, 0.1) is 6.21 Å². The molecule has 5 nitrogen and oxygen atoms in total. The lowest BCUT2D eigenvalue weighted by atomic mass is 10.7. The Labute approximate surface area is 40.3 Å². The van der Waals surface area contributed by atoms with Crippen LogP contribution in [0.3, 0.4) is 0 Å². The van der Waals surface area contributed by atoms with Crippen LogP contribution in [0, 0.1) is 0 Å². The van der Waals surface area contributed by atoms with E-state index in [1.807, 2.05) is 0 Å². The van der Waals surface area contributed by atoms with Crippen LogP contribution in [0.4, 0.5) is 0 Å². The zero-order valence-corrected chi connectivity index (χ0v) is 3.57. The number of oxime groups is 1. The van der Waals surface area contributed by atoms with Gasteiger partial charge in [-0.05, 0) is 0 Å². The molecule has 0 amide bonds. The van der Waals surface area contributed by atoms with Crippen molar-refractivity contribution in [1.29, 1.82) is 0 Å². The minimum Gasteiger partial charge on any atom is -0.409 e. The van der Waals surface area contributed by atoms with Crippen molar-refractivity contribution in [2.24, 2.45) is 21.8 Å². The number of hydrogen-bond acceptors (Lipinski definition) is 4. The number of hydrogen-bond donors (Lipinski definition) is 3. The highest BCUT2D eigenvalue weighted by atomic mass is 16.4. The normalized spacial score (nSPS) is 12.9. The Morgan fingerprint density at radius 2 is 2.29 bits per heavy atom. The maximum atomic E-state index is 7.78. The highest BCUT2D eigenvalue weighted by molar-refractivity contribution is 6.28. The molecule has 0 aromatic heterocycles. The zero-order chi connectivity index (χ0) is 5.70. The summed E-state index contributed by atoms with van der Waals surface area (Å²) in [6.45, 7) is 0. The van der Waals surface area contributed by atoms with Gasteiger partial charge in [0, 0.05) is 0 Å². The lowest BCUT2D eigenvalue weighted by Gasteiger charge is -1.78. The average molecular weight is 102 g/mol. The van der Waals surface area contributed by atoms with Gasteiger partial charge in [0.25, 0.3) is 0 Å². The van der Waals surface area contributed by atoms with Gasteiger partial charge >= 0.3 is 0 Å². The second-order valence-electron chi connectivity index (χ2n) is 0.803. The maximum absolute atomic E-state index is 7.78. The number of nitrogens with zero attached hydrogens (tertiary/aromatic N) is 2. The molecule has 0 unspecified atom stereocenters. The highest BCUT2D eigenvalue weighted by Gasteiger charge is 1.77. The molecule has 5 N–H and O–H groups in total. The summed E-state index contributed by atoms with van der Waals surface area (Å²) >= 11 is 0. The average Bonchev–Trinajstić information content (AvgIpc) is 1.68. The largest absolute Gasteiger partial charge is 0.409 e. The van der Waals surface area contributed by atoms with Crippen LogP contribution >= 0.6 is 0 Å². The summed E-state index contributed by atoms with van der Waals surface area (Å²) in [4.78, 5) is 0. The molecule has 0 aliphatic heterocycles.